The molecule has 0 saturated carbocycles. The van der Waals surface area contributed by atoms with E-state index in [1.807, 2.05) is 31.2 Å². The van der Waals surface area contributed by atoms with Crippen molar-refractivity contribution in [3.63, 3.8) is 0 Å². The third-order valence-electron chi connectivity index (χ3n) is 4.97. The summed E-state index contributed by atoms with van der Waals surface area (Å²) in [4.78, 5) is 24.2. The molecule has 0 saturated heterocycles. The molecule has 1 aliphatic heterocycles. The zero-order valence-electron chi connectivity index (χ0n) is 17.2. The highest BCUT2D eigenvalue weighted by Crippen LogP contribution is 2.38. The average molecular weight is 440 g/mol. The molecule has 2 heterocycles. The minimum atomic E-state index is -0.624. The van der Waals surface area contributed by atoms with E-state index in [2.05, 4.69) is 10.4 Å². The van der Waals surface area contributed by atoms with E-state index >= 15 is 0 Å². The van der Waals surface area contributed by atoms with Crippen molar-refractivity contribution in [2.75, 3.05) is 19.5 Å². The van der Waals surface area contributed by atoms with Crippen molar-refractivity contribution in [1.29, 1.82) is 0 Å². The topological polar surface area (TPSA) is 109 Å². The normalized spacial score (nSPS) is 12.4. The number of rotatable bonds is 6. The number of nitrogens with one attached hydrogen (secondary N) is 1. The number of carbonyl (C=O) groups excluding carboxylic acids is 1. The van der Waals surface area contributed by atoms with Gasteiger partial charge in [0.05, 0.1) is 36.6 Å². The Kier molecular flexibility index (Phi) is 5.55. The minimum absolute atomic E-state index is 0.126. The molecule has 0 atom stereocenters. The molecule has 1 aliphatic rings. The number of methoxy groups -OCH3 is 2. The lowest BCUT2D eigenvalue weighted by Crippen LogP contribution is -2.18. The van der Waals surface area contributed by atoms with Crippen LogP contribution in [-0.2, 0) is 11.5 Å². The highest BCUT2D eigenvalue weighted by atomic mass is 32.2. The number of anilines is 1. The Morgan fingerprint density at radius 3 is 2.61 bits per heavy atom. The van der Waals surface area contributed by atoms with Crippen molar-refractivity contribution < 1.29 is 19.2 Å². The van der Waals surface area contributed by atoms with Crippen LogP contribution in [-0.4, -0.2) is 34.8 Å². The third-order valence-corrected chi connectivity index (χ3v) is 5.94. The van der Waals surface area contributed by atoms with Crippen molar-refractivity contribution in [1.82, 2.24) is 9.78 Å². The van der Waals surface area contributed by atoms with E-state index in [0.29, 0.717) is 11.6 Å². The summed E-state index contributed by atoms with van der Waals surface area (Å²) in [7, 11) is 2.78. The van der Waals surface area contributed by atoms with Crippen LogP contribution < -0.4 is 14.8 Å². The van der Waals surface area contributed by atoms with E-state index in [9.17, 15) is 14.9 Å². The summed E-state index contributed by atoms with van der Waals surface area (Å²) in [5, 5.41) is 19.1. The molecule has 0 fully saturated rings. The number of nitro benzene ring substituents is 1. The quantitative estimate of drug-likeness (QED) is 0.454. The fraction of sp³-hybridized carbons (Fsp3) is 0.238. The van der Waals surface area contributed by atoms with Gasteiger partial charge in [0.1, 0.15) is 11.4 Å². The molecule has 160 valence electrons. The molecule has 0 aliphatic carbocycles. The van der Waals surface area contributed by atoms with Crippen molar-refractivity contribution >= 4 is 29.2 Å². The smallest absolute Gasteiger partial charge is 0.286 e. The van der Waals surface area contributed by atoms with Gasteiger partial charge < -0.3 is 14.8 Å². The Bertz CT molecular complexity index is 1190. The molecule has 1 amide bonds. The van der Waals surface area contributed by atoms with Gasteiger partial charge in [-0.25, -0.2) is 4.68 Å². The summed E-state index contributed by atoms with van der Waals surface area (Å²) < 4.78 is 12.0. The second-order valence-electron chi connectivity index (χ2n) is 6.95. The summed E-state index contributed by atoms with van der Waals surface area (Å²) in [5.41, 5.74) is 3.17. The van der Waals surface area contributed by atoms with Gasteiger partial charge in [0, 0.05) is 23.1 Å². The lowest BCUT2D eigenvalue weighted by atomic mass is 10.1. The van der Waals surface area contributed by atoms with Gasteiger partial charge in [-0.05, 0) is 24.6 Å². The number of aryl methyl sites for hydroxylation is 1. The molecule has 2 aromatic carbocycles. The summed E-state index contributed by atoms with van der Waals surface area (Å²) in [6, 6.07) is 10.2. The maximum Gasteiger partial charge on any atom is 0.286 e. The van der Waals surface area contributed by atoms with Gasteiger partial charge in [0.15, 0.2) is 11.5 Å². The van der Waals surface area contributed by atoms with Gasteiger partial charge in [0.25, 0.3) is 11.6 Å². The first-order chi connectivity index (χ1) is 14.9. The molecule has 4 rings (SSSR count). The number of ether oxygens (including phenoxy) is 2. The SMILES string of the molecule is COc1cc(C(=O)Nc2c3c(nn2-c2cccc(C)c2)CSC3)c([N+](=O)[O-])cc1OC. The molecule has 1 N–H and O–H groups in total. The monoisotopic (exact) mass is 440 g/mol. The van der Waals surface area contributed by atoms with E-state index < -0.39 is 10.8 Å². The molecule has 0 spiro atoms. The Labute approximate surface area is 182 Å². The highest BCUT2D eigenvalue weighted by molar-refractivity contribution is 7.98. The van der Waals surface area contributed by atoms with Crippen LogP contribution in [0.4, 0.5) is 11.5 Å². The van der Waals surface area contributed by atoms with Crippen molar-refractivity contribution in [2.45, 2.75) is 18.4 Å². The maximum absolute atomic E-state index is 13.2. The first-order valence-electron chi connectivity index (χ1n) is 9.40. The van der Waals surface area contributed by atoms with Gasteiger partial charge in [-0.2, -0.15) is 16.9 Å². The van der Waals surface area contributed by atoms with Crippen LogP contribution >= 0.6 is 11.8 Å². The predicted molar refractivity (Wildman–Crippen MR) is 117 cm³/mol. The van der Waals surface area contributed by atoms with Crippen LogP contribution in [0.1, 0.15) is 27.2 Å². The molecular formula is C21H20N4O5S. The van der Waals surface area contributed by atoms with E-state index in [1.165, 1.54) is 26.4 Å². The molecule has 9 nitrogen and oxygen atoms in total. The number of hydrogen-bond donors (Lipinski definition) is 1. The molecular weight excluding hydrogens is 420 g/mol. The Balaban J connectivity index is 1.79. The molecule has 0 radical (unpaired) electrons. The largest absolute Gasteiger partial charge is 0.493 e. The van der Waals surface area contributed by atoms with Crippen molar-refractivity contribution in [2.24, 2.45) is 0 Å². The zero-order valence-corrected chi connectivity index (χ0v) is 18.0. The second kappa shape index (κ2) is 8.31. The Morgan fingerprint density at radius 1 is 1.19 bits per heavy atom. The van der Waals surface area contributed by atoms with Gasteiger partial charge in [0.2, 0.25) is 0 Å². The number of nitro groups is 1. The number of aromatic nitrogens is 2. The fourth-order valence-corrected chi connectivity index (χ4v) is 4.50. The molecule has 31 heavy (non-hydrogen) atoms. The molecule has 0 bridgehead atoms. The van der Waals surface area contributed by atoms with Crippen LogP contribution in [0.25, 0.3) is 5.69 Å². The zero-order chi connectivity index (χ0) is 22.1. The molecule has 10 heteroatoms. The number of fused-ring (bicyclic) bond motifs is 1. The van der Waals surface area contributed by atoms with Crippen LogP contribution in [0.3, 0.4) is 0 Å². The van der Waals surface area contributed by atoms with Gasteiger partial charge in [-0.3, -0.25) is 14.9 Å². The Hall–Kier alpha value is -3.53. The number of carbonyl (C=O) groups is 1. The van der Waals surface area contributed by atoms with E-state index in [4.69, 9.17) is 9.47 Å². The first kappa shape index (κ1) is 20.7. The van der Waals surface area contributed by atoms with Crippen LogP contribution in [0.15, 0.2) is 36.4 Å². The van der Waals surface area contributed by atoms with E-state index in [-0.39, 0.29) is 22.7 Å². The Morgan fingerprint density at radius 2 is 1.94 bits per heavy atom. The molecule has 3 aromatic rings. The number of thioether (sulfide) groups is 1. The third kappa shape index (κ3) is 3.81. The number of nitrogens with zero attached hydrogens (tertiary/aromatic N) is 3. The standard InChI is InChI=1S/C21H20N4O5S/c1-12-5-4-6-13(7-12)24-20(15-10-31-11-16(15)23-24)22-21(26)14-8-18(29-2)19(30-3)9-17(14)25(27)28/h4-9H,10-11H2,1-3H3,(H,22,26). The number of amides is 1. The van der Waals surface area contributed by atoms with Crippen molar-refractivity contribution in [3.8, 4) is 17.2 Å². The van der Waals surface area contributed by atoms with Gasteiger partial charge in [-0.15, -0.1) is 0 Å². The predicted octanol–water partition coefficient (Wildman–Crippen LogP) is 4.11. The number of benzene rings is 2. The minimum Gasteiger partial charge on any atom is -0.493 e. The summed E-state index contributed by atoms with van der Waals surface area (Å²) in [5.74, 6) is 1.73. The summed E-state index contributed by atoms with van der Waals surface area (Å²) in [6.45, 7) is 1.97. The van der Waals surface area contributed by atoms with Crippen LogP contribution in [0.2, 0.25) is 0 Å². The van der Waals surface area contributed by atoms with E-state index in [0.717, 1.165) is 28.3 Å². The summed E-state index contributed by atoms with van der Waals surface area (Å²) in [6.07, 6.45) is 0. The second-order valence-corrected chi connectivity index (χ2v) is 7.94. The molecule has 1 aromatic heterocycles. The van der Waals surface area contributed by atoms with E-state index in [1.54, 1.807) is 16.4 Å². The van der Waals surface area contributed by atoms with Crippen molar-refractivity contribution in [3.05, 3.63) is 68.9 Å². The van der Waals surface area contributed by atoms with Crippen LogP contribution in [0.5, 0.6) is 11.5 Å². The lowest BCUT2D eigenvalue weighted by Gasteiger charge is -2.13. The van der Waals surface area contributed by atoms with Gasteiger partial charge in [-0.1, -0.05) is 12.1 Å². The number of hydrogen-bond acceptors (Lipinski definition) is 7. The first-order valence-corrected chi connectivity index (χ1v) is 10.6. The average Bonchev–Trinajstić information content (AvgIpc) is 3.35. The van der Waals surface area contributed by atoms with Crippen LogP contribution in [0, 0.1) is 17.0 Å². The van der Waals surface area contributed by atoms with Gasteiger partial charge >= 0.3 is 0 Å². The molecule has 0 unspecified atom stereocenters. The fourth-order valence-electron chi connectivity index (χ4n) is 3.46. The maximum atomic E-state index is 13.2. The lowest BCUT2D eigenvalue weighted by molar-refractivity contribution is -0.385. The summed E-state index contributed by atoms with van der Waals surface area (Å²) >= 11 is 1.70. The highest BCUT2D eigenvalue weighted by Gasteiger charge is 2.29.